The van der Waals surface area contributed by atoms with Crippen LogP contribution in [0, 0.1) is 0 Å². The first-order valence-corrected chi connectivity index (χ1v) is 9.30. The topological polar surface area (TPSA) is 66.5 Å². The molecule has 1 aliphatic rings. The quantitative estimate of drug-likeness (QED) is 0.787. The zero-order valence-electron chi connectivity index (χ0n) is 13.6. The Morgan fingerprint density at radius 1 is 0.960 bits per heavy atom. The average molecular weight is 352 g/mol. The molecule has 3 aromatic rings. The highest BCUT2D eigenvalue weighted by molar-refractivity contribution is 7.92. The number of anilines is 2. The maximum atomic E-state index is 13.0. The zero-order valence-corrected chi connectivity index (χ0v) is 14.4. The largest absolute Gasteiger partial charge is 0.326 e. The molecule has 3 aromatic carbocycles. The summed E-state index contributed by atoms with van der Waals surface area (Å²) in [5, 5.41) is 4.74. The molecule has 0 saturated carbocycles. The van der Waals surface area contributed by atoms with Crippen molar-refractivity contribution in [1.29, 1.82) is 0 Å². The van der Waals surface area contributed by atoms with Crippen LogP contribution in [0.25, 0.3) is 10.8 Å². The fourth-order valence-corrected chi connectivity index (χ4v) is 4.27. The number of amides is 1. The number of carbonyl (C=O) groups excluding carboxylic acids is 1. The van der Waals surface area contributed by atoms with Gasteiger partial charge in [-0.3, -0.25) is 9.10 Å². The van der Waals surface area contributed by atoms with E-state index < -0.39 is 10.0 Å². The maximum Gasteiger partial charge on any atom is 0.264 e. The van der Waals surface area contributed by atoms with Crippen LogP contribution in [0.1, 0.15) is 5.56 Å². The molecule has 1 N–H and O–H groups in total. The van der Waals surface area contributed by atoms with Crippen molar-refractivity contribution in [2.75, 3.05) is 16.7 Å². The van der Waals surface area contributed by atoms with E-state index in [0.29, 0.717) is 16.9 Å². The molecule has 0 fully saturated rings. The van der Waals surface area contributed by atoms with E-state index in [1.165, 1.54) is 17.4 Å². The molecule has 5 nitrogen and oxygen atoms in total. The van der Waals surface area contributed by atoms with Gasteiger partial charge in [-0.15, -0.1) is 0 Å². The summed E-state index contributed by atoms with van der Waals surface area (Å²) in [4.78, 5) is 11.6. The highest BCUT2D eigenvalue weighted by Gasteiger charge is 2.25. The van der Waals surface area contributed by atoms with Crippen LogP contribution >= 0.6 is 0 Å². The summed E-state index contributed by atoms with van der Waals surface area (Å²) in [6, 6.07) is 18.1. The van der Waals surface area contributed by atoms with E-state index in [9.17, 15) is 13.2 Å². The number of hydrogen-bond acceptors (Lipinski definition) is 3. The second-order valence-corrected chi connectivity index (χ2v) is 8.02. The predicted molar refractivity (Wildman–Crippen MR) is 98.3 cm³/mol. The van der Waals surface area contributed by atoms with Gasteiger partial charge in [0.25, 0.3) is 10.0 Å². The van der Waals surface area contributed by atoms with Crippen molar-refractivity contribution in [2.45, 2.75) is 11.3 Å². The van der Waals surface area contributed by atoms with Crippen molar-refractivity contribution in [2.24, 2.45) is 0 Å². The Bertz CT molecular complexity index is 1110. The van der Waals surface area contributed by atoms with Crippen LogP contribution in [0.15, 0.2) is 65.6 Å². The first kappa shape index (κ1) is 15.7. The second-order valence-electron chi connectivity index (χ2n) is 6.05. The summed E-state index contributed by atoms with van der Waals surface area (Å²) in [6.07, 6.45) is 0.207. The monoisotopic (exact) mass is 352 g/mol. The summed E-state index contributed by atoms with van der Waals surface area (Å²) < 4.78 is 27.2. The normalized spacial score (nSPS) is 13.6. The Hall–Kier alpha value is -2.86. The molecule has 126 valence electrons. The lowest BCUT2D eigenvalue weighted by atomic mass is 10.1. The first-order chi connectivity index (χ1) is 11.9. The number of nitrogens with one attached hydrogen (secondary N) is 1. The molecule has 0 atom stereocenters. The van der Waals surface area contributed by atoms with Crippen LogP contribution in [-0.4, -0.2) is 21.4 Å². The van der Waals surface area contributed by atoms with Gasteiger partial charge in [-0.2, -0.15) is 0 Å². The molecule has 0 saturated heterocycles. The number of rotatable bonds is 3. The summed E-state index contributed by atoms with van der Waals surface area (Å²) in [5.74, 6) is -0.118. The molecule has 1 aliphatic heterocycles. The van der Waals surface area contributed by atoms with Crippen molar-refractivity contribution < 1.29 is 13.2 Å². The molecular formula is C19H16N2O3S. The molecule has 0 spiro atoms. The Morgan fingerprint density at radius 3 is 2.52 bits per heavy atom. The van der Waals surface area contributed by atoms with Gasteiger partial charge < -0.3 is 5.32 Å². The van der Waals surface area contributed by atoms with E-state index in [-0.39, 0.29) is 17.2 Å². The van der Waals surface area contributed by atoms with Crippen LogP contribution in [0.4, 0.5) is 11.4 Å². The van der Waals surface area contributed by atoms with E-state index in [4.69, 9.17) is 0 Å². The predicted octanol–water partition coefficient (Wildman–Crippen LogP) is 3.16. The Kier molecular flexibility index (Phi) is 3.51. The Morgan fingerprint density at radius 2 is 1.72 bits per heavy atom. The maximum absolute atomic E-state index is 13.0. The molecule has 4 rings (SSSR count). The lowest BCUT2D eigenvalue weighted by Gasteiger charge is -2.20. The summed E-state index contributed by atoms with van der Waals surface area (Å²) in [7, 11) is -2.17. The lowest BCUT2D eigenvalue weighted by molar-refractivity contribution is -0.115. The third-order valence-electron chi connectivity index (χ3n) is 4.46. The molecular weight excluding hydrogens is 336 g/mol. The van der Waals surface area contributed by atoms with Gasteiger partial charge in [-0.25, -0.2) is 8.42 Å². The van der Waals surface area contributed by atoms with E-state index in [0.717, 1.165) is 10.8 Å². The molecule has 0 bridgehead atoms. The van der Waals surface area contributed by atoms with Gasteiger partial charge in [0.2, 0.25) is 5.91 Å². The third-order valence-corrected chi connectivity index (χ3v) is 6.24. The van der Waals surface area contributed by atoms with Gasteiger partial charge in [0, 0.05) is 12.7 Å². The molecule has 6 heteroatoms. The molecule has 0 unspecified atom stereocenters. The second kappa shape index (κ2) is 5.60. The van der Waals surface area contributed by atoms with Crippen LogP contribution < -0.4 is 9.62 Å². The van der Waals surface area contributed by atoms with Crippen molar-refractivity contribution in [3.63, 3.8) is 0 Å². The minimum Gasteiger partial charge on any atom is -0.326 e. The van der Waals surface area contributed by atoms with Crippen molar-refractivity contribution >= 4 is 38.1 Å². The number of carbonyl (C=O) groups is 1. The molecule has 0 aromatic heterocycles. The van der Waals surface area contributed by atoms with Gasteiger partial charge in [0.05, 0.1) is 17.0 Å². The fraction of sp³-hybridized carbons (Fsp3) is 0.105. The van der Waals surface area contributed by atoms with Gasteiger partial charge in [-0.1, -0.05) is 30.3 Å². The van der Waals surface area contributed by atoms with Gasteiger partial charge >= 0.3 is 0 Å². The summed E-state index contributed by atoms with van der Waals surface area (Å²) >= 11 is 0. The molecule has 0 aliphatic carbocycles. The van der Waals surface area contributed by atoms with Crippen molar-refractivity contribution in [3.8, 4) is 0 Å². The van der Waals surface area contributed by atoms with E-state index in [2.05, 4.69) is 5.32 Å². The lowest BCUT2D eigenvalue weighted by Crippen LogP contribution is -2.26. The zero-order chi connectivity index (χ0) is 17.6. The summed E-state index contributed by atoms with van der Waals surface area (Å²) in [6.45, 7) is 0. The van der Waals surface area contributed by atoms with E-state index >= 15 is 0 Å². The standard InChI is InChI=1S/C19H16N2O3S/c1-21(16-7-6-13-4-2-3-5-14(13)10-16)25(23,24)17-8-9-18-15(11-17)12-19(22)20-18/h2-11H,12H2,1H3,(H,20,22). The molecule has 25 heavy (non-hydrogen) atoms. The fourth-order valence-electron chi connectivity index (χ4n) is 3.04. The Labute approximate surface area is 145 Å². The van der Waals surface area contributed by atoms with E-state index in [1.54, 1.807) is 18.2 Å². The number of hydrogen-bond donors (Lipinski definition) is 1. The number of fused-ring (bicyclic) bond motifs is 2. The third kappa shape index (κ3) is 2.64. The number of sulfonamides is 1. The summed E-state index contributed by atoms with van der Waals surface area (Å²) in [5.41, 5.74) is 1.98. The van der Waals surface area contributed by atoms with Crippen LogP contribution in [0.3, 0.4) is 0 Å². The number of benzene rings is 3. The molecule has 1 heterocycles. The molecule has 0 radical (unpaired) electrons. The van der Waals surface area contributed by atoms with Gasteiger partial charge in [0.15, 0.2) is 0 Å². The molecule has 1 amide bonds. The highest BCUT2D eigenvalue weighted by atomic mass is 32.2. The minimum absolute atomic E-state index is 0.118. The van der Waals surface area contributed by atoms with E-state index in [1.807, 2.05) is 36.4 Å². The average Bonchev–Trinajstić information content (AvgIpc) is 2.99. The SMILES string of the molecule is CN(c1ccc2ccccc2c1)S(=O)(=O)c1ccc2c(c1)CC(=O)N2. The van der Waals surface area contributed by atoms with Crippen LogP contribution in [-0.2, 0) is 21.2 Å². The van der Waals surface area contributed by atoms with Gasteiger partial charge in [0.1, 0.15) is 0 Å². The first-order valence-electron chi connectivity index (χ1n) is 7.86. The highest BCUT2D eigenvalue weighted by Crippen LogP contribution is 2.30. The Balaban J connectivity index is 1.74. The minimum atomic E-state index is -3.71. The van der Waals surface area contributed by atoms with Crippen molar-refractivity contribution in [3.05, 3.63) is 66.2 Å². The van der Waals surface area contributed by atoms with Crippen LogP contribution in [0.2, 0.25) is 0 Å². The van der Waals surface area contributed by atoms with Gasteiger partial charge in [-0.05, 0) is 46.7 Å². The van der Waals surface area contributed by atoms with Crippen molar-refractivity contribution in [1.82, 2.24) is 0 Å². The smallest absolute Gasteiger partial charge is 0.264 e. The van der Waals surface area contributed by atoms with Crippen LogP contribution in [0.5, 0.6) is 0 Å². The number of nitrogens with zero attached hydrogens (tertiary/aromatic N) is 1.